The molecule has 0 fully saturated rings. The summed E-state index contributed by atoms with van der Waals surface area (Å²) in [5, 5.41) is 12.4. The van der Waals surface area contributed by atoms with Crippen molar-refractivity contribution >= 4 is 11.8 Å². The highest BCUT2D eigenvalue weighted by Crippen LogP contribution is 2.33. The van der Waals surface area contributed by atoms with Gasteiger partial charge in [-0.15, -0.1) is 6.42 Å². The molecule has 2 heterocycles. The maximum Gasteiger partial charge on any atom is 0.307 e. The van der Waals surface area contributed by atoms with E-state index < -0.39 is 5.97 Å². The summed E-state index contributed by atoms with van der Waals surface area (Å²) in [6.07, 6.45) is 7.72. The fraction of sp³-hybridized carbons (Fsp3) is 0.240. The van der Waals surface area contributed by atoms with Crippen molar-refractivity contribution in [1.82, 2.24) is 9.97 Å². The standard InChI is InChI=1S/C25H23N3O5/c1-3-16-10-22-23(33-9-8-32-22)11-17(16)6-7-26-24-14-20(27-15-28-24)18-4-5-19(13-25(29)30)21(12-18)31-2/h1,4-5,10-12,14-15H,6-9,13H2,2H3,(H,29,30)(H,26,27,28). The van der Waals surface area contributed by atoms with Gasteiger partial charge in [0.25, 0.3) is 0 Å². The molecular formula is C25H23N3O5. The molecule has 4 rings (SSSR count). The maximum absolute atomic E-state index is 11.0. The molecular weight excluding hydrogens is 422 g/mol. The molecule has 8 nitrogen and oxygen atoms in total. The smallest absolute Gasteiger partial charge is 0.307 e. The number of aliphatic carboxylic acids is 1. The monoisotopic (exact) mass is 445 g/mol. The average molecular weight is 445 g/mol. The minimum absolute atomic E-state index is 0.112. The zero-order chi connectivity index (χ0) is 23.2. The third-order valence-electron chi connectivity index (χ3n) is 5.22. The molecule has 1 aliphatic rings. The van der Waals surface area contributed by atoms with Gasteiger partial charge in [0, 0.05) is 29.3 Å². The lowest BCUT2D eigenvalue weighted by atomic mass is 10.0. The lowest BCUT2D eigenvalue weighted by molar-refractivity contribution is -0.136. The van der Waals surface area contributed by atoms with Crippen LogP contribution in [0.4, 0.5) is 5.82 Å². The van der Waals surface area contributed by atoms with E-state index >= 15 is 0 Å². The molecule has 0 bridgehead atoms. The van der Waals surface area contributed by atoms with Gasteiger partial charge in [0.2, 0.25) is 0 Å². The molecule has 1 aromatic heterocycles. The van der Waals surface area contributed by atoms with Gasteiger partial charge in [-0.3, -0.25) is 4.79 Å². The second kappa shape index (κ2) is 9.92. The van der Waals surface area contributed by atoms with Crippen molar-refractivity contribution in [3.63, 3.8) is 0 Å². The van der Waals surface area contributed by atoms with Crippen molar-refractivity contribution in [3.05, 3.63) is 59.4 Å². The van der Waals surface area contributed by atoms with Crippen molar-refractivity contribution in [2.45, 2.75) is 12.8 Å². The summed E-state index contributed by atoms with van der Waals surface area (Å²) < 4.78 is 16.6. The van der Waals surface area contributed by atoms with Crippen LogP contribution in [0.1, 0.15) is 16.7 Å². The van der Waals surface area contributed by atoms with E-state index in [1.165, 1.54) is 13.4 Å². The lowest BCUT2D eigenvalue weighted by Gasteiger charge is -2.20. The first-order valence-corrected chi connectivity index (χ1v) is 10.4. The van der Waals surface area contributed by atoms with Crippen molar-refractivity contribution in [2.75, 3.05) is 32.2 Å². The van der Waals surface area contributed by atoms with E-state index in [-0.39, 0.29) is 6.42 Å². The number of carbonyl (C=O) groups is 1. The van der Waals surface area contributed by atoms with Gasteiger partial charge in [0.05, 0.1) is 19.2 Å². The van der Waals surface area contributed by atoms with Crippen molar-refractivity contribution < 1.29 is 24.1 Å². The largest absolute Gasteiger partial charge is 0.496 e. The number of carboxylic acids is 1. The molecule has 0 radical (unpaired) electrons. The molecule has 0 saturated heterocycles. The highest BCUT2D eigenvalue weighted by Gasteiger charge is 2.15. The second-order valence-corrected chi connectivity index (χ2v) is 7.36. The zero-order valence-corrected chi connectivity index (χ0v) is 18.1. The van der Waals surface area contributed by atoms with Crippen LogP contribution in [0.3, 0.4) is 0 Å². The molecule has 0 atom stereocenters. The highest BCUT2D eigenvalue weighted by atomic mass is 16.6. The molecule has 3 aromatic rings. The lowest BCUT2D eigenvalue weighted by Crippen LogP contribution is -2.16. The van der Waals surface area contributed by atoms with Gasteiger partial charge in [0.1, 0.15) is 31.1 Å². The van der Waals surface area contributed by atoms with E-state index in [4.69, 9.17) is 25.7 Å². The summed E-state index contributed by atoms with van der Waals surface area (Å²) in [6.45, 7) is 1.64. The molecule has 2 N–H and O–H groups in total. The number of rotatable bonds is 8. The Balaban J connectivity index is 1.46. The van der Waals surface area contributed by atoms with Crippen LogP contribution in [0, 0.1) is 12.3 Å². The molecule has 8 heteroatoms. The molecule has 0 spiro atoms. The van der Waals surface area contributed by atoms with E-state index in [0.717, 1.165) is 16.7 Å². The Morgan fingerprint density at radius 3 is 2.67 bits per heavy atom. The zero-order valence-electron chi connectivity index (χ0n) is 18.1. The average Bonchev–Trinajstić information content (AvgIpc) is 2.83. The van der Waals surface area contributed by atoms with Gasteiger partial charge in [-0.25, -0.2) is 9.97 Å². The van der Waals surface area contributed by atoms with Crippen LogP contribution in [-0.2, 0) is 17.6 Å². The fourth-order valence-corrected chi connectivity index (χ4v) is 3.62. The predicted molar refractivity (Wildman–Crippen MR) is 123 cm³/mol. The number of nitrogens with one attached hydrogen (secondary N) is 1. The Morgan fingerprint density at radius 2 is 1.94 bits per heavy atom. The molecule has 0 amide bonds. The minimum atomic E-state index is -0.916. The number of nitrogens with zero attached hydrogens (tertiary/aromatic N) is 2. The summed E-state index contributed by atoms with van der Waals surface area (Å²) in [6, 6.07) is 10.9. The Labute approximate surface area is 191 Å². The van der Waals surface area contributed by atoms with Crippen LogP contribution >= 0.6 is 0 Å². The van der Waals surface area contributed by atoms with Crippen LogP contribution < -0.4 is 19.5 Å². The summed E-state index contributed by atoms with van der Waals surface area (Å²) in [5.74, 6) is 4.35. The fourth-order valence-electron chi connectivity index (χ4n) is 3.62. The van der Waals surface area contributed by atoms with Crippen molar-refractivity contribution in [3.8, 4) is 40.8 Å². The first-order chi connectivity index (χ1) is 16.1. The minimum Gasteiger partial charge on any atom is -0.496 e. The molecule has 168 valence electrons. The number of hydrogen-bond acceptors (Lipinski definition) is 7. The van der Waals surface area contributed by atoms with E-state index in [1.807, 2.05) is 24.3 Å². The topological polar surface area (TPSA) is 103 Å². The van der Waals surface area contributed by atoms with Crippen LogP contribution in [0.25, 0.3) is 11.3 Å². The number of carboxylic acid groups (broad SMARTS) is 1. The van der Waals surface area contributed by atoms with E-state index in [9.17, 15) is 4.79 Å². The molecule has 2 aromatic carbocycles. The number of fused-ring (bicyclic) bond motifs is 1. The number of hydrogen-bond donors (Lipinski definition) is 2. The van der Waals surface area contributed by atoms with Gasteiger partial charge < -0.3 is 24.6 Å². The normalized spacial score (nSPS) is 12.0. The quantitative estimate of drug-likeness (QED) is 0.510. The number of benzene rings is 2. The predicted octanol–water partition coefficient (Wildman–Crippen LogP) is 3.19. The number of terminal acetylenes is 1. The van der Waals surface area contributed by atoms with Gasteiger partial charge >= 0.3 is 5.97 Å². The first-order valence-electron chi connectivity index (χ1n) is 10.4. The van der Waals surface area contributed by atoms with E-state index in [2.05, 4.69) is 21.2 Å². The molecule has 0 unspecified atom stereocenters. The van der Waals surface area contributed by atoms with Crippen molar-refractivity contribution in [1.29, 1.82) is 0 Å². The Bertz CT molecular complexity index is 1220. The summed E-state index contributed by atoms with van der Waals surface area (Å²) in [7, 11) is 1.51. The second-order valence-electron chi connectivity index (χ2n) is 7.36. The number of aromatic nitrogens is 2. The van der Waals surface area contributed by atoms with Crippen molar-refractivity contribution in [2.24, 2.45) is 0 Å². The van der Waals surface area contributed by atoms with Gasteiger partial charge in [-0.05, 0) is 30.2 Å². The Kier molecular flexibility index (Phi) is 6.60. The molecule has 0 saturated carbocycles. The van der Waals surface area contributed by atoms with Crippen LogP contribution in [0.5, 0.6) is 17.2 Å². The molecule has 1 aliphatic heterocycles. The maximum atomic E-state index is 11.0. The van der Waals surface area contributed by atoms with Gasteiger partial charge in [0.15, 0.2) is 11.5 Å². The molecule has 33 heavy (non-hydrogen) atoms. The molecule has 0 aliphatic carbocycles. The summed E-state index contributed by atoms with van der Waals surface area (Å²) in [5.41, 5.74) is 3.86. The van der Waals surface area contributed by atoms with Crippen LogP contribution in [-0.4, -0.2) is 47.9 Å². The third kappa shape index (κ3) is 5.15. The third-order valence-corrected chi connectivity index (χ3v) is 5.22. The van der Waals surface area contributed by atoms with Crippen LogP contribution in [0.15, 0.2) is 42.7 Å². The first kappa shape index (κ1) is 22.0. The van der Waals surface area contributed by atoms with Gasteiger partial charge in [-0.2, -0.15) is 0 Å². The van der Waals surface area contributed by atoms with Gasteiger partial charge in [-0.1, -0.05) is 18.1 Å². The number of ether oxygens (including phenoxy) is 3. The van der Waals surface area contributed by atoms with Crippen LogP contribution in [0.2, 0.25) is 0 Å². The number of anilines is 1. The Morgan fingerprint density at radius 1 is 1.15 bits per heavy atom. The van der Waals surface area contributed by atoms with E-state index in [1.54, 1.807) is 12.1 Å². The number of methoxy groups -OCH3 is 1. The summed E-state index contributed by atoms with van der Waals surface area (Å²) in [4.78, 5) is 19.7. The van der Waals surface area contributed by atoms with E-state index in [0.29, 0.717) is 60.5 Å². The summed E-state index contributed by atoms with van der Waals surface area (Å²) >= 11 is 0. The highest BCUT2D eigenvalue weighted by molar-refractivity contribution is 5.73. The Hall–Kier alpha value is -4.25. The SMILES string of the molecule is C#Cc1cc2c(cc1CCNc1cc(-c3ccc(CC(=O)O)c(OC)c3)ncn1)OCCO2.